The van der Waals surface area contributed by atoms with Crippen molar-refractivity contribution < 1.29 is 9.47 Å². The van der Waals surface area contributed by atoms with E-state index in [1.54, 1.807) is 0 Å². The van der Waals surface area contributed by atoms with E-state index < -0.39 is 0 Å². The van der Waals surface area contributed by atoms with E-state index >= 15 is 0 Å². The highest BCUT2D eigenvalue weighted by Gasteiger charge is 2.67. The zero-order valence-electron chi connectivity index (χ0n) is 13.0. The number of hydrogen-bond donors (Lipinski definition) is 0. The molecule has 0 amide bonds. The first-order valence-electron chi connectivity index (χ1n) is 7.50. The minimum Gasteiger partial charge on any atom is -0.490 e. The van der Waals surface area contributed by atoms with Crippen LogP contribution in [0.1, 0.15) is 45.1 Å². The highest BCUT2D eigenvalue weighted by Crippen LogP contribution is 2.74. The van der Waals surface area contributed by atoms with Gasteiger partial charge in [0.05, 0.1) is 18.6 Å². The van der Waals surface area contributed by atoms with Gasteiger partial charge in [-0.1, -0.05) is 43.6 Å². The molecule has 4 heteroatoms. The molecule has 1 unspecified atom stereocenters. The number of fused-ring (bicyclic) bond motifs is 1. The smallest absolute Gasteiger partial charge is 0.162 e. The number of hydrogen-bond acceptors (Lipinski definition) is 2. The van der Waals surface area contributed by atoms with Gasteiger partial charge in [-0.05, 0) is 34.4 Å². The number of rotatable bonds is 2. The first-order chi connectivity index (χ1) is 9.76. The molecule has 1 aliphatic heterocycles. The number of ether oxygens (including phenoxy) is 2. The van der Waals surface area contributed by atoms with Crippen molar-refractivity contribution >= 4 is 27.5 Å². The molecule has 2 aliphatic rings. The van der Waals surface area contributed by atoms with Crippen LogP contribution < -0.4 is 9.47 Å². The Balaban J connectivity index is 1.94. The normalized spacial score (nSPS) is 24.3. The Bertz CT molecular complexity index is 554. The van der Waals surface area contributed by atoms with Gasteiger partial charge in [0, 0.05) is 10.9 Å². The maximum Gasteiger partial charge on any atom is 0.162 e. The second-order valence-corrected chi connectivity index (χ2v) is 8.52. The lowest BCUT2D eigenvalue weighted by Crippen LogP contribution is -2.02. The van der Waals surface area contributed by atoms with Crippen molar-refractivity contribution in [3.05, 3.63) is 22.2 Å². The molecule has 0 spiro atoms. The van der Waals surface area contributed by atoms with E-state index in [0.29, 0.717) is 19.1 Å². The third-order valence-corrected chi connectivity index (χ3v) is 6.76. The molecule has 0 radical (unpaired) electrons. The average molecular weight is 374 g/mol. The quantitative estimate of drug-likeness (QED) is 0.631. The lowest BCUT2D eigenvalue weighted by molar-refractivity contribution is 0.297. The zero-order valence-corrected chi connectivity index (χ0v) is 15.3. The molecule has 1 saturated carbocycles. The van der Waals surface area contributed by atoms with Gasteiger partial charge in [0.2, 0.25) is 0 Å². The van der Waals surface area contributed by atoms with Gasteiger partial charge in [0.25, 0.3) is 0 Å². The van der Waals surface area contributed by atoms with Crippen LogP contribution in [-0.2, 0) is 0 Å². The highest BCUT2D eigenvalue weighted by molar-refractivity contribution is 9.10. The summed E-state index contributed by atoms with van der Waals surface area (Å²) in [6, 6.07) is 4.04. The minimum absolute atomic E-state index is 0.0264. The van der Waals surface area contributed by atoms with Crippen LogP contribution in [0.2, 0.25) is 0 Å². The molecule has 1 aliphatic carbocycles. The van der Waals surface area contributed by atoms with Crippen LogP contribution in [0, 0.1) is 16.7 Å². The van der Waals surface area contributed by atoms with E-state index in [2.05, 4.69) is 43.6 Å². The second-order valence-electron chi connectivity index (χ2n) is 7.19. The largest absolute Gasteiger partial charge is 0.490 e. The van der Waals surface area contributed by atoms with Crippen molar-refractivity contribution in [2.24, 2.45) is 16.7 Å². The summed E-state index contributed by atoms with van der Waals surface area (Å²) < 4.78 is 12.5. The number of halogens is 2. The van der Waals surface area contributed by atoms with Gasteiger partial charge in [-0.25, -0.2) is 0 Å². The van der Waals surface area contributed by atoms with E-state index in [0.717, 1.165) is 28.0 Å². The molecule has 3 rings (SSSR count). The number of benzene rings is 1. The van der Waals surface area contributed by atoms with E-state index in [1.807, 2.05) is 12.1 Å². The number of alkyl halides is 1. The van der Waals surface area contributed by atoms with Gasteiger partial charge in [-0.2, -0.15) is 0 Å². The Labute approximate surface area is 140 Å². The van der Waals surface area contributed by atoms with Gasteiger partial charge in [-0.3, -0.25) is 0 Å². The van der Waals surface area contributed by atoms with Crippen molar-refractivity contribution in [1.82, 2.24) is 0 Å². The predicted molar refractivity (Wildman–Crippen MR) is 89.4 cm³/mol. The fraction of sp³-hybridized carbons (Fsp3) is 0.647. The van der Waals surface area contributed by atoms with Gasteiger partial charge < -0.3 is 9.47 Å². The molecule has 1 aromatic rings. The maximum atomic E-state index is 6.83. The standard InChI is InChI=1S/C17H22BrClO2/c1-16(2)15(17(16,3)4)14(19)10-8-12-13(9-11(10)18)21-7-5-6-20-12/h8-9,14-15H,5-7H2,1-4H3. The van der Waals surface area contributed by atoms with Gasteiger partial charge in [0.15, 0.2) is 11.5 Å². The summed E-state index contributed by atoms with van der Waals surface area (Å²) in [7, 11) is 0. The minimum atomic E-state index is -0.0264. The SMILES string of the molecule is CC1(C)C(C(Cl)c2cc3c(cc2Br)OCCCO3)C1(C)C. The van der Waals surface area contributed by atoms with E-state index in [9.17, 15) is 0 Å². The van der Waals surface area contributed by atoms with Crippen LogP contribution in [-0.4, -0.2) is 13.2 Å². The zero-order chi connectivity index (χ0) is 15.4. The monoisotopic (exact) mass is 372 g/mol. The summed E-state index contributed by atoms with van der Waals surface area (Å²) in [6.45, 7) is 10.6. The third kappa shape index (κ3) is 2.37. The highest BCUT2D eigenvalue weighted by atomic mass is 79.9. The van der Waals surface area contributed by atoms with E-state index in [4.69, 9.17) is 21.1 Å². The molecular formula is C17H22BrClO2. The van der Waals surface area contributed by atoms with Crippen LogP contribution in [0.3, 0.4) is 0 Å². The van der Waals surface area contributed by atoms with Crippen LogP contribution in [0.5, 0.6) is 11.5 Å². The fourth-order valence-electron chi connectivity index (χ4n) is 3.57. The summed E-state index contributed by atoms with van der Waals surface area (Å²) in [5.74, 6) is 2.07. The topological polar surface area (TPSA) is 18.5 Å². The second kappa shape index (κ2) is 5.06. The fourth-order valence-corrected chi connectivity index (χ4v) is 5.08. The molecule has 0 bridgehead atoms. The molecular weight excluding hydrogens is 352 g/mol. The van der Waals surface area contributed by atoms with Gasteiger partial charge in [0.1, 0.15) is 0 Å². The molecule has 1 heterocycles. The van der Waals surface area contributed by atoms with Crippen molar-refractivity contribution in [2.45, 2.75) is 39.5 Å². The van der Waals surface area contributed by atoms with Crippen molar-refractivity contribution in [1.29, 1.82) is 0 Å². The molecule has 0 aromatic heterocycles. The molecule has 2 nitrogen and oxygen atoms in total. The third-order valence-electron chi connectivity index (χ3n) is 5.59. The molecule has 21 heavy (non-hydrogen) atoms. The van der Waals surface area contributed by atoms with E-state index in [1.165, 1.54) is 0 Å². The summed E-state index contributed by atoms with van der Waals surface area (Å²) in [5, 5.41) is -0.0264. The summed E-state index contributed by atoms with van der Waals surface area (Å²) in [4.78, 5) is 0. The molecule has 1 fully saturated rings. The van der Waals surface area contributed by atoms with Gasteiger partial charge in [-0.15, -0.1) is 11.6 Å². The van der Waals surface area contributed by atoms with Crippen LogP contribution in [0.4, 0.5) is 0 Å². The molecule has 1 atom stereocenters. The maximum absolute atomic E-state index is 6.83. The first-order valence-corrected chi connectivity index (χ1v) is 8.73. The van der Waals surface area contributed by atoms with Crippen LogP contribution in [0.15, 0.2) is 16.6 Å². The Morgan fingerprint density at radius 3 is 2.14 bits per heavy atom. The lowest BCUT2D eigenvalue weighted by Gasteiger charge is -2.17. The van der Waals surface area contributed by atoms with Gasteiger partial charge >= 0.3 is 0 Å². The average Bonchev–Trinajstić information content (AvgIpc) is 2.91. The van der Waals surface area contributed by atoms with Crippen molar-refractivity contribution in [2.75, 3.05) is 13.2 Å². The first kappa shape index (κ1) is 15.5. The molecule has 0 saturated heterocycles. The van der Waals surface area contributed by atoms with Crippen molar-refractivity contribution in [3.8, 4) is 11.5 Å². The Morgan fingerprint density at radius 2 is 1.62 bits per heavy atom. The molecule has 1 aromatic carbocycles. The Morgan fingerprint density at radius 1 is 1.10 bits per heavy atom. The summed E-state index contributed by atoms with van der Waals surface area (Å²) in [6.07, 6.45) is 0.911. The summed E-state index contributed by atoms with van der Waals surface area (Å²) in [5.41, 5.74) is 1.61. The predicted octanol–water partition coefficient (Wildman–Crippen LogP) is 5.57. The van der Waals surface area contributed by atoms with Crippen molar-refractivity contribution in [3.63, 3.8) is 0 Å². The lowest BCUT2D eigenvalue weighted by atomic mass is 10.0. The van der Waals surface area contributed by atoms with Crippen LogP contribution in [0.25, 0.3) is 0 Å². The van der Waals surface area contributed by atoms with E-state index in [-0.39, 0.29) is 16.2 Å². The Kier molecular flexibility index (Phi) is 3.73. The van der Waals surface area contributed by atoms with Crippen LogP contribution >= 0.6 is 27.5 Å². The molecule has 116 valence electrons. The Hall–Kier alpha value is -0.410. The summed E-state index contributed by atoms with van der Waals surface area (Å²) >= 11 is 10.5. The molecule has 0 N–H and O–H groups in total.